The Kier molecular flexibility index (Phi) is 4.24. The number of nitrogens with zero attached hydrogens (tertiary/aromatic N) is 2. The lowest BCUT2D eigenvalue weighted by Crippen LogP contribution is -2.37. The van der Waals surface area contributed by atoms with E-state index < -0.39 is 5.97 Å². The summed E-state index contributed by atoms with van der Waals surface area (Å²) in [5.74, 6) is -0.765. The highest BCUT2D eigenvalue weighted by Gasteiger charge is 2.26. The number of anilines is 1. The molecule has 0 saturated carbocycles. The van der Waals surface area contributed by atoms with Gasteiger partial charge < -0.3 is 10.0 Å². The van der Waals surface area contributed by atoms with E-state index in [2.05, 4.69) is 33.0 Å². The molecular formula is C13H17BrN2O2. The van der Waals surface area contributed by atoms with Crippen LogP contribution in [-0.4, -0.2) is 48.7 Å². The molecule has 1 N–H and O–H groups in total. The number of aliphatic carboxylic acids is 1. The molecule has 1 aliphatic heterocycles. The molecule has 5 heteroatoms. The van der Waals surface area contributed by atoms with Crippen LogP contribution in [-0.2, 0) is 4.79 Å². The summed E-state index contributed by atoms with van der Waals surface area (Å²) in [5.41, 5.74) is 1.19. The van der Waals surface area contributed by atoms with Gasteiger partial charge in [-0.15, -0.1) is 0 Å². The fraction of sp³-hybridized carbons (Fsp3) is 0.462. The van der Waals surface area contributed by atoms with Gasteiger partial charge in [-0.2, -0.15) is 0 Å². The zero-order valence-electron chi connectivity index (χ0n) is 10.3. The molecular weight excluding hydrogens is 296 g/mol. The van der Waals surface area contributed by atoms with E-state index in [0.717, 1.165) is 24.0 Å². The lowest BCUT2D eigenvalue weighted by atomic mass is 10.2. The highest BCUT2D eigenvalue weighted by atomic mass is 79.9. The van der Waals surface area contributed by atoms with Gasteiger partial charge in [-0.05, 0) is 31.7 Å². The van der Waals surface area contributed by atoms with Crippen molar-refractivity contribution >= 4 is 27.6 Å². The molecule has 1 unspecified atom stereocenters. The molecule has 0 spiro atoms. The molecule has 0 aromatic heterocycles. The van der Waals surface area contributed by atoms with Crippen molar-refractivity contribution in [3.8, 4) is 0 Å². The Labute approximate surface area is 115 Å². The van der Waals surface area contributed by atoms with Gasteiger partial charge in [0.2, 0.25) is 0 Å². The van der Waals surface area contributed by atoms with Crippen LogP contribution >= 0.6 is 15.9 Å². The third-order valence-electron chi connectivity index (χ3n) is 3.34. The SMILES string of the molecule is CN(CC(=O)O)C1CCN(c2cccc(Br)c2)C1. The lowest BCUT2D eigenvalue weighted by Gasteiger charge is -2.23. The number of benzene rings is 1. The molecule has 98 valence electrons. The molecule has 1 heterocycles. The second kappa shape index (κ2) is 5.71. The third-order valence-corrected chi connectivity index (χ3v) is 3.84. The van der Waals surface area contributed by atoms with Crippen LogP contribution in [0.1, 0.15) is 6.42 Å². The number of hydrogen-bond donors (Lipinski definition) is 1. The molecule has 4 nitrogen and oxygen atoms in total. The van der Waals surface area contributed by atoms with Crippen molar-refractivity contribution in [2.24, 2.45) is 0 Å². The van der Waals surface area contributed by atoms with Crippen molar-refractivity contribution in [1.82, 2.24) is 4.90 Å². The molecule has 1 aromatic carbocycles. The predicted molar refractivity (Wildman–Crippen MR) is 75.0 cm³/mol. The van der Waals surface area contributed by atoms with Gasteiger partial charge in [0, 0.05) is 29.3 Å². The summed E-state index contributed by atoms with van der Waals surface area (Å²) in [5, 5.41) is 8.80. The Morgan fingerprint density at radius 2 is 2.39 bits per heavy atom. The van der Waals surface area contributed by atoms with E-state index in [9.17, 15) is 4.79 Å². The van der Waals surface area contributed by atoms with Gasteiger partial charge in [-0.3, -0.25) is 9.69 Å². The highest BCUT2D eigenvalue weighted by molar-refractivity contribution is 9.10. The zero-order valence-corrected chi connectivity index (χ0v) is 11.9. The first-order valence-electron chi connectivity index (χ1n) is 5.99. The fourth-order valence-electron chi connectivity index (χ4n) is 2.35. The topological polar surface area (TPSA) is 43.8 Å². The van der Waals surface area contributed by atoms with E-state index in [1.54, 1.807) is 0 Å². The van der Waals surface area contributed by atoms with E-state index in [1.165, 1.54) is 5.69 Å². The Morgan fingerprint density at radius 1 is 1.61 bits per heavy atom. The highest BCUT2D eigenvalue weighted by Crippen LogP contribution is 2.25. The van der Waals surface area contributed by atoms with Gasteiger partial charge in [0.15, 0.2) is 0 Å². The minimum Gasteiger partial charge on any atom is -0.480 e. The maximum absolute atomic E-state index is 10.7. The third kappa shape index (κ3) is 3.23. The van der Waals surface area contributed by atoms with Crippen molar-refractivity contribution in [3.05, 3.63) is 28.7 Å². The summed E-state index contributed by atoms with van der Waals surface area (Å²) in [4.78, 5) is 14.9. The monoisotopic (exact) mass is 312 g/mol. The molecule has 1 aliphatic rings. The molecule has 0 amide bonds. The van der Waals surface area contributed by atoms with Gasteiger partial charge in [-0.25, -0.2) is 0 Å². The first kappa shape index (κ1) is 13.4. The van der Waals surface area contributed by atoms with Crippen LogP contribution in [0.5, 0.6) is 0 Å². The predicted octanol–water partition coefficient (Wildman–Crippen LogP) is 2.04. The van der Waals surface area contributed by atoms with E-state index in [4.69, 9.17) is 5.11 Å². The van der Waals surface area contributed by atoms with Gasteiger partial charge in [0.25, 0.3) is 0 Å². The number of rotatable bonds is 4. The van der Waals surface area contributed by atoms with Crippen molar-refractivity contribution < 1.29 is 9.90 Å². The Hall–Kier alpha value is -1.07. The largest absolute Gasteiger partial charge is 0.480 e. The van der Waals surface area contributed by atoms with E-state index in [0.29, 0.717) is 6.04 Å². The zero-order chi connectivity index (χ0) is 13.1. The molecule has 0 aliphatic carbocycles. The number of likely N-dealkylation sites (N-methyl/N-ethyl adjacent to an activating group) is 1. The second-order valence-electron chi connectivity index (χ2n) is 4.68. The van der Waals surface area contributed by atoms with Crippen molar-refractivity contribution in [2.75, 3.05) is 31.6 Å². The minimum atomic E-state index is -0.765. The maximum Gasteiger partial charge on any atom is 0.317 e. The smallest absolute Gasteiger partial charge is 0.317 e. The summed E-state index contributed by atoms with van der Waals surface area (Å²) in [6, 6.07) is 8.53. The Morgan fingerprint density at radius 3 is 3.06 bits per heavy atom. The lowest BCUT2D eigenvalue weighted by molar-refractivity contribution is -0.138. The number of carboxylic acid groups (broad SMARTS) is 1. The average molecular weight is 313 g/mol. The van der Waals surface area contributed by atoms with Crippen LogP contribution in [0.3, 0.4) is 0 Å². The van der Waals surface area contributed by atoms with Crippen molar-refractivity contribution in [1.29, 1.82) is 0 Å². The Balaban J connectivity index is 1.98. The molecule has 2 rings (SSSR count). The molecule has 1 atom stereocenters. The molecule has 1 aromatic rings. The van der Waals surface area contributed by atoms with Crippen LogP contribution in [0, 0.1) is 0 Å². The molecule has 1 fully saturated rings. The van der Waals surface area contributed by atoms with Crippen LogP contribution in [0.4, 0.5) is 5.69 Å². The Bertz CT molecular complexity index is 439. The normalized spacial score (nSPS) is 19.5. The minimum absolute atomic E-state index is 0.108. The van der Waals surface area contributed by atoms with Crippen molar-refractivity contribution in [2.45, 2.75) is 12.5 Å². The van der Waals surface area contributed by atoms with Crippen LogP contribution in [0.2, 0.25) is 0 Å². The summed E-state index contributed by atoms with van der Waals surface area (Å²) in [6.45, 7) is 1.97. The molecule has 18 heavy (non-hydrogen) atoms. The second-order valence-corrected chi connectivity index (χ2v) is 5.59. The molecule has 1 saturated heterocycles. The summed E-state index contributed by atoms with van der Waals surface area (Å²) >= 11 is 3.47. The first-order valence-corrected chi connectivity index (χ1v) is 6.78. The maximum atomic E-state index is 10.7. The van der Waals surface area contributed by atoms with Crippen LogP contribution < -0.4 is 4.90 Å². The van der Waals surface area contributed by atoms with Gasteiger partial charge >= 0.3 is 5.97 Å². The standard InChI is InChI=1S/C13H17BrN2O2/c1-15(9-13(17)18)12-5-6-16(8-12)11-4-2-3-10(14)7-11/h2-4,7,12H,5-6,8-9H2,1H3,(H,17,18). The fourth-order valence-corrected chi connectivity index (χ4v) is 2.74. The summed E-state index contributed by atoms with van der Waals surface area (Å²) in [7, 11) is 1.88. The van der Waals surface area contributed by atoms with E-state index >= 15 is 0 Å². The van der Waals surface area contributed by atoms with E-state index in [1.807, 2.05) is 24.1 Å². The average Bonchev–Trinajstić information content (AvgIpc) is 2.77. The van der Waals surface area contributed by atoms with Crippen LogP contribution in [0.25, 0.3) is 0 Å². The van der Waals surface area contributed by atoms with Gasteiger partial charge in [-0.1, -0.05) is 22.0 Å². The van der Waals surface area contributed by atoms with Crippen LogP contribution in [0.15, 0.2) is 28.7 Å². The van der Waals surface area contributed by atoms with Crippen molar-refractivity contribution in [3.63, 3.8) is 0 Å². The summed E-state index contributed by atoms with van der Waals surface area (Å²) in [6.07, 6.45) is 1.01. The number of hydrogen-bond acceptors (Lipinski definition) is 3. The first-order chi connectivity index (χ1) is 8.56. The molecule has 0 radical (unpaired) electrons. The number of halogens is 1. The number of carbonyl (C=O) groups is 1. The van der Waals surface area contributed by atoms with Gasteiger partial charge in [0.05, 0.1) is 6.54 Å². The quantitative estimate of drug-likeness (QED) is 0.924. The molecule has 0 bridgehead atoms. The number of carboxylic acids is 1. The summed E-state index contributed by atoms with van der Waals surface area (Å²) < 4.78 is 1.07. The van der Waals surface area contributed by atoms with Gasteiger partial charge in [0.1, 0.15) is 0 Å². The van der Waals surface area contributed by atoms with E-state index in [-0.39, 0.29) is 6.54 Å².